The number of hydrogen-bond donors (Lipinski definition) is 0. The van der Waals surface area contributed by atoms with E-state index in [0.717, 1.165) is 17.8 Å². The van der Waals surface area contributed by atoms with E-state index in [4.69, 9.17) is 13.9 Å². The molecule has 1 aliphatic heterocycles. The van der Waals surface area contributed by atoms with E-state index in [1.54, 1.807) is 31.2 Å². The molecule has 37 heavy (non-hydrogen) atoms. The van der Waals surface area contributed by atoms with E-state index in [1.807, 2.05) is 31.2 Å². The smallest absolute Gasteiger partial charge is 0.350 e. The summed E-state index contributed by atoms with van der Waals surface area (Å²) in [6, 6.07) is 13.3. The topological polar surface area (TPSA) is 98.9 Å². The molecule has 0 saturated carbocycles. The Kier molecular flexibility index (Phi) is 6.62. The van der Waals surface area contributed by atoms with Crippen LogP contribution in [0.15, 0.2) is 70.4 Å². The number of aromatic nitrogens is 1. The second-order valence-electron chi connectivity index (χ2n) is 8.47. The van der Waals surface area contributed by atoms with Gasteiger partial charge in [-0.25, -0.2) is 9.78 Å². The lowest BCUT2D eigenvalue weighted by molar-refractivity contribution is 0.0554. The number of thiazole rings is 1. The average molecular weight is 517 g/mol. The maximum Gasteiger partial charge on any atom is 0.350 e. The third-order valence-electron chi connectivity index (χ3n) is 5.93. The van der Waals surface area contributed by atoms with Crippen LogP contribution in [-0.4, -0.2) is 30.1 Å². The van der Waals surface area contributed by atoms with Gasteiger partial charge in [0.05, 0.1) is 29.3 Å². The Morgan fingerprint density at radius 3 is 2.81 bits per heavy atom. The predicted molar refractivity (Wildman–Crippen MR) is 141 cm³/mol. The van der Waals surface area contributed by atoms with Crippen LogP contribution in [0.25, 0.3) is 11.0 Å². The highest BCUT2D eigenvalue weighted by Gasteiger charge is 2.45. The van der Waals surface area contributed by atoms with Gasteiger partial charge in [-0.1, -0.05) is 55.2 Å². The van der Waals surface area contributed by atoms with Crippen molar-refractivity contribution in [1.82, 2.24) is 4.98 Å². The van der Waals surface area contributed by atoms with E-state index in [9.17, 15) is 14.4 Å². The van der Waals surface area contributed by atoms with E-state index < -0.39 is 17.9 Å². The minimum absolute atomic E-state index is 0.0442. The maximum absolute atomic E-state index is 13.8. The van der Waals surface area contributed by atoms with Gasteiger partial charge < -0.3 is 13.9 Å². The standard InChI is InChI=1S/C28H24N2O6S/c1-4-13-34-18-10-8-9-17(15-18)22-21-23(31)19-11-6-7-12-20(19)36-24(21)26(32)30(22)28-29-16(3)25(37-28)27(33)35-14-5-2/h5-12,15,22H,2,4,13-14H2,1,3H3/t22-/m0/s1. The Balaban J connectivity index is 1.69. The zero-order valence-electron chi connectivity index (χ0n) is 20.4. The highest BCUT2D eigenvalue weighted by atomic mass is 32.1. The summed E-state index contributed by atoms with van der Waals surface area (Å²) in [5.41, 5.74) is 1.33. The summed E-state index contributed by atoms with van der Waals surface area (Å²) in [6.45, 7) is 7.82. The highest BCUT2D eigenvalue weighted by Crippen LogP contribution is 2.43. The summed E-state index contributed by atoms with van der Waals surface area (Å²) in [5, 5.41) is 0.635. The van der Waals surface area contributed by atoms with Crippen molar-refractivity contribution in [3.63, 3.8) is 0 Å². The van der Waals surface area contributed by atoms with Crippen LogP contribution in [0.4, 0.5) is 5.13 Å². The molecule has 0 bridgehead atoms. The van der Waals surface area contributed by atoms with E-state index in [1.165, 1.54) is 11.0 Å². The van der Waals surface area contributed by atoms with Crippen molar-refractivity contribution in [3.05, 3.63) is 98.9 Å². The molecular formula is C28H24N2O6S. The zero-order valence-corrected chi connectivity index (χ0v) is 21.2. The summed E-state index contributed by atoms with van der Waals surface area (Å²) >= 11 is 1.03. The minimum Gasteiger partial charge on any atom is -0.494 e. The van der Waals surface area contributed by atoms with Crippen molar-refractivity contribution < 1.29 is 23.5 Å². The number of ether oxygens (including phenoxy) is 2. The molecule has 2 aromatic heterocycles. The van der Waals surface area contributed by atoms with Crippen LogP contribution in [0, 0.1) is 6.92 Å². The van der Waals surface area contributed by atoms with E-state index in [0.29, 0.717) is 34.6 Å². The molecule has 0 radical (unpaired) electrons. The minimum atomic E-state index is -0.823. The Morgan fingerprint density at radius 2 is 2.03 bits per heavy atom. The largest absolute Gasteiger partial charge is 0.494 e. The van der Waals surface area contributed by atoms with Crippen molar-refractivity contribution >= 4 is 39.3 Å². The molecule has 2 aromatic carbocycles. The molecule has 188 valence electrons. The van der Waals surface area contributed by atoms with E-state index in [2.05, 4.69) is 11.6 Å². The molecule has 5 rings (SSSR count). The third kappa shape index (κ3) is 4.31. The fourth-order valence-electron chi connectivity index (χ4n) is 4.30. The average Bonchev–Trinajstić information content (AvgIpc) is 3.43. The predicted octanol–water partition coefficient (Wildman–Crippen LogP) is 5.44. The Morgan fingerprint density at radius 1 is 1.22 bits per heavy atom. The summed E-state index contributed by atoms with van der Waals surface area (Å²) in [6.07, 6.45) is 2.31. The van der Waals surface area contributed by atoms with Gasteiger partial charge >= 0.3 is 5.97 Å². The molecule has 0 fully saturated rings. The fraction of sp³-hybridized carbons (Fsp3) is 0.214. The number of benzene rings is 2. The number of amides is 1. The molecule has 0 aliphatic carbocycles. The van der Waals surface area contributed by atoms with Gasteiger partial charge in [0.15, 0.2) is 10.6 Å². The van der Waals surface area contributed by atoms with Crippen LogP contribution < -0.4 is 15.1 Å². The first-order chi connectivity index (χ1) is 17.9. The second kappa shape index (κ2) is 10.0. The van der Waals surface area contributed by atoms with Gasteiger partial charge in [0.2, 0.25) is 5.76 Å². The number of aryl methyl sites for hydroxylation is 1. The Hall–Kier alpha value is -4.24. The van der Waals surface area contributed by atoms with Gasteiger partial charge in [-0.2, -0.15) is 0 Å². The molecule has 0 saturated heterocycles. The summed E-state index contributed by atoms with van der Waals surface area (Å²) in [7, 11) is 0. The monoisotopic (exact) mass is 516 g/mol. The van der Waals surface area contributed by atoms with E-state index >= 15 is 0 Å². The van der Waals surface area contributed by atoms with Crippen LogP contribution in [0.3, 0.4) is 0 Å². The molecule has 3 heterocycles. The molecule has 8 nitrogen and oxygen atoms in total. The van der Waals surface area contributed by atoms with Crippen LogP contribution in [0.1, 0.15) is 56.4 Å². The van der Waals surface area contributed by atoms with Gasteiger partial charge in [0.1, 0.15) is 22.8 Å². The number of fused-ring (bicyclic) bond motifs is 2. The summed E-state index contributed by atoms with van der Waals surface area (Å²) in [4.78, 5) is 46.3. The number of carbonyl (C=O) groups is 2. The van der Waals surface area contributed by atoms with Crippen molar-refractivity contribution in [1.29, 1.82) is 0 Å². The quantitative estimate of drug-likeness (QED) is 0.227. The van der Waals surface area contributed by atoms with Gasteiger partial charge in [-0.05, 0) is 43.2 Å². The molecular weight excluding hydrogens is 492 g/mol. The number of nitrogens with zero attached hydrogens (tertiary/aromatic N) is 2. The molecule has 1 amide bonds. The Bertz CT molecular complexity index is 1590. The van der Waals surface area contributed by atoms with Crippen molar-refractivity contribution in [3.8, 4) is 5.75 Å². The van der Waals surface area contributed by atoms with Crippen LogP contribution >= 0.6 is 11.3 Å². The van der Waals surface area contributed by atoms with Crippen LogP contribution in [-0.2, 0) is 4.74 Å². The third-order valence-corrected chi connectivity index (χ3v) is 7.07. The molecule has 1 aliphatic rings. The van der Waals surface area contributed by atoms with Gasteiger partial charge in [-0.3, -0.25) is 14.5 Å². The number of rotatable bonds is 8. The molecule has 0 N–H and O–H groups in total. The van der Waals surface area contributed by atoms with Crippen LogP contribution in [0.5, 0.6) is 5.75 Å². The highest BCUT2D eigenvalue weighted by molar-refractivity contribution is 7.17. The van der Waals surface area contributed by atoms with Gasteiger partial charge in [-0.15, -0.1) is 0 Å². The Labute approximate surface area is 216 Å². The number of esters is 1. The molecule has 0 unspecified atom stereocenters. The lowest BCUT2D eigenvalue weighted by atomic mass is 9.98. The lowest BCUT2D eigenvalue weighted by Crippen LogP contribution is -2.29. The van der Waals surface area contributed by atoms with Crippen molar-refractivity contribution in [2.24, 2.45) is 0 Å². The summed E-state index contributed by atoms with van der Waals surface area (Å²) in [5.74, 6) is -0.495. The number of para-hydroxylation sites is 1. The normalized spacial score (nSPS) is 14.6. The number of hydrogen-bond acceptors (Lipinski definition) is 8. The second-order valence-corrected chi connectivity index (χ2v) is 9.44. The zero-order chi connectivity index (χ0) is 26.1. The van der Waals surface area contributed by atoms with Gasteiger partial charge in [0, 0.05) is 0 Å². The van der Waals surface area contributed by atoms with Crippen LogP contribution in [0.2, 0.25) is 0 Å². The maximum atomic E-state index is 13.8. The number of anilines is 1. The summed E-state index contributed by atoms with van der Waals surface area (Å²) < 4.78 is 17.0. The van der Waals surface area contributed by atoms with Gasteiger partial charge in [0.25, 0.3) is 5.91 Å². The molecule has 0 spiro atoms. The van der Waals surface area contributed by atoms with E-state index in [-0.39, 0.29) is 33.4 Å². The SMILES string of the molecule is C=CCOC(=O)c1sc(N2C(=O)c3oc4ccccc4c(=O)c3[C@@H]2c2cccc(OCCC)c2)nc1C. The molecule has 4 aromatic rings. The first-order valence-electron chi connectivity index (χ1n) is 11.8. The lowest BCUT2D eigenvalue weighted by Gasteiger charge is -2.23. The fourth-order valence-corrected chi connectivity index (χ4v) is 5.29. The first kappa shape index (κ1) is 24.5. The van der Waals surface area contributed by atoms with Crippen molar-refractivity contribution in [2.45, 2.75) is 26.3 Å². The number of carbonyl (C=O) groups excluding carboxylic acids is 2. The van der Waals surface area contributed by atoms with Crippen molar-refractivity contribution in [2.75, 3.05) is 18.1 Å². The first-order valence-corrected chi connectivity index (χ1v) is 12.6. The molecule has 1 atom stereocenters. The molecule has 9 heteroatoms.